The average molecular weight is 452 g/mol. The number of ether oxygens (including phenoxy) is 1. The molecule has 0 bridgehead atoms. The molecule has 2 amide bonds. The lowest BCUT2D eigenvalue weighted by Gasteiger charge is -2.20. The standard InChI is InChI=1S/C25H26ClN3O3/c1-2-15-32-25-19(11-8-14-27-25)17-28-23(30)16-22(18-9-4-3-5-10-18)29-24(31)20-12-6-7-13-21(20)26/h3-14,22H,2,15-17H2,1H3,(H,28,30)(H,29,31). The second-order valence-corrected chi connectivity index (χ2v) is 7.62. The number of nitrogens with one attached hydrogen (secondary N) is 2. The maximum absolute atomic E-state index is 12.8. The molecule has 2 aromatic carbocycles. The Labute approximate surface area is 193 Å². The quantitative estimate of drug-likeness (QED) is 0.468. The number of aromatic nitrogens is 1. The molecular formula is C25H26ClN3O3. The second kappa shape index (κ2) is 11.9. The maximum atomic E-state index is 12.8. The predicted octanol–water partition coefficient (Wildman–Crippen LogP) is 4.70. The van der Waals surface area contributed by atoms with Crippen LogP contribution in [0, 0.1) is 0 Å². The molecule has 1 unspecified atom stereocenters. The molecule has 0 aliphatic rings. The van der Waals surface area contributed by atoms with E-state index in [0.717, 1.165) is 17.5 Å². The van der Waals surface area contributed by atoms with Crippen LogP contribution in [-0.2, 0) is 11.3 Å². The smallest absolute Gasteiger partial charge is 0.253 e. The second-order valence-electron chi connectivity index (χ2n) is 7.21. The topological polar surface area (TPSA) is 80.3 Å². The normalized spacial score (nSPS) is 11.4. The van der Waals surface area contributed by atoms with Gasteiger partial charge in [-0.25, -0.2) is 4.98 Å². The van der Waals surface area contributed by atoms with Crippen molar-refractivity contribution in [1.82, 2.24) is 15.6 Å². The highest BCUT2D eigenvalue weighted by Gasteiger charge is 2.20. The van der Waals surface area contributed by atoms with Crippen molar-refractivity contribution in [1.29, 1.82) is 0 Å². The Bertz CT molecular complexity index is 1040. The summed E-state index contributed by atoms with van der Waals surface area (Å²) in [5.41, 5.74) is 1.99. The van der Waals surface area contributed by atoms with Gasteiger partial charge in [0.05, 0.1) is 29.7 Å². The number of rotatable bonds is 10. The van der Waals surface area contributed by atoms with Gasteiger partial charge in [0.15, 0.2) is 0 Å². The summed E-state index contributed by atoms with van der Waals surface area (Å²) in [6, 6.07) is 19.4. The van der Waals surface area contributed by atoms with Crippen molar-refractivity contribution in [3.63, 3.8) is 0 Å². The molecule has 0 fully saturated rings. The van der Waals surface area contributed by atoms with E-state index < -0.39 is 6.04 Å². The van der Waals surface area contributed by atoms with E-state index in [1.54, 1.807) is 36.5 Å². The molecule has 3 aromatic rings. The van der Waals surface area contributed by atoms with Gasteiger partial charge in [-0.3, -0.25) is 9.59 Å². The molecule has 0 radical (unpaired) electrons. The first-order chi connectivity index (χ1) is 15.6. The molecule has 6 nitrogen and oxygen atoms in total. The highest BCUT2D eigenvalue weighted by molar-refractivity contribution is 6.33. The third-order valence-corrected chi connectivity index (χ3v) is 5.11. The Balaban J connectivity index is 1.68. The zero-order valence-electron chi connectivity index (χ0n) is 17.9. The van der Waals surface area contributed by atoms with Crippen molar-refractivity contribution in [2.24, 2.45) is 0 Å². The predicted molar refractivity (Wildman–Crippen MR) is 125 cm³/mol. The molecule has 3 rings (SSSR count). The van der Waals surface area contributed by atoms with Gasteiger partial charge in [0.25, 0.3) is 5.91 Å². The first-order valence-electron chi connectivity index (χ1n) is 10.5. The van der Waals surface area contributed by atoms with E-state index in [-0.39, 0.29) is 24.8 Å². The van der Waals surface area contributed by atoms with Crippen LogP contribution in [0.1, 0.15) is 47.3 Å². The monoisotopic (exact) mass is 451 g/mol. The van der Waals surface area contributed by atoms with E-state index in [1.807, 2.05) is 43.3 Å². The number of pyridine rings is 1. The number of hydrogen-bond donors (Lipinski definition) is 2. The summed E-state index contributed by atoms with van der Waals surface area (Å²) in [7, 11) is 0. The number of hydrogen-bond acceptors (Lipinski definition) is 4. The van der Waals surface area contributed by atoms with Crippen LogP contribution in [0.2, 0.25) is 5.02 Å². The van der Waals surface area contributed by atoms with Crippen LogP contribution in [0.3, 0.4) is 0 Å². The summed E-state index contributed by atoms with van der Waals surface area (Å²) in [6.45, 7) is 2.86. The van der Waals surface area contributed by atoms with Crippen LogP contribution < -0.4 is 15.4 Å². The third-order valence-electron chi connectivity index (χ3n) is 4.78. The van der Waals surface area contributed by atoms with Crippen molar-refractivity contribution in [3.05, 3.63) is 94.6 Å². The van der Waals surface area contributed by atoms with Gasteiger partial charge < -0.3 is 15.4 Å². The van der Waals surface area contributed by atoms with E-state index in [0.29, 0.717) is 23.1 Å². The molecule has 7 heteroatoms. The Morgan fingerprint density at radius 3 is 2.53 bits per heavy atom. The van der Waals surface area contributed by atoms with Crippen molar-refractivity contribution in [2.45, 2.75) is 32.4 Å². The number of nitrogens with zero attached hydrogens (tertiary/aromatic N) is 1. The number of benzene rings is 2. The summed E-state index contributed by atoms with van der Waals surface area (Å²) >= 11 is 6.16. The number of amides is 2. The van der Waals surface area contributed by atoms with E-state index in [1.165, 1.54) is 0 Å². The Morgan fingerprint density at radius 1 is 1.03 bits per heavy atom. The molecule has 0 saturated heterocycles. The molecule has 166 valence electrons. The van der Waals surface area contributed by atoms with E-state index >= 15 is 0 Å². The van der Waals surface area contributed by atoms with Crippen molar-refractivity contribution in [2.75, 3.05) is 6.61 Å². The van der Waals surface area contributed by atoms with E-state index in [9.17, 15) is 9.59 Å². The van der Waals surface area contributed by atoms with Gasteiger partial charge in [0.1, 0.15) is 0 Å². The van der Waals surface area contributed by atoms with Gasteiger partial charge in [-0.15, -0.1) is 0 Å². The molecule has 0 spiro atoms. The number of carbonyl (C=O) groups is 2. The number of halogens is 1. The summed E-state index contributed by atoms with van der Waals surface area (Å²) in [5, 5.41) is 6.20. The highest BCUT2D eigenvalue weighted by Crippen LogP contribution is 2.21. The Kier molecular flexibility index (Phi) is 8.63. The van der Waals surface area contributed by atoms with Crippen LogP contribution >= 0.6 is 11.6 Å². The van der Waals surface area contributed by atoms with Crippen molar-refractivity contribution < 1.29 is 14.3 Å². The van der Waals surface area contributed by atoms with Crippen LogP contribution in [0.4, 0.5) is 0 Å². The van der Waals surface area contributed by atoms with Gasteiger partial charge in [-0.2, -0.15) is 0 Å². The third kappa shape index (κ3) is 6.56. The summed E-state index contributed by atoms with van der Waals surface area (Å²) < 4.78 is 5.65. The lowest BCUT2D eigenvalue weighted by molar-refractivity contribution is -0.121. The van der Waals surface area contributed by atoms with Gasteiger partial charge in [-0.05, 0) is 30.2 Å². The number of carbonyl (C=O) groups excluding carboxylic acids is 2. The zero-order chi connectivity index (χ0) is 22.8. The fourth-order valence-electron chi connectivity index (χ4n) is 3.16. The maximum Gasteiger partial charge on any atom is 0.253 e. The lowest BCUT2D eigenvalue weighted by atomic mass is 10.0. The van der Waals surface area contributed by atoms with Gasteiger partial charge in [0.2, 0.25) is 11.8 Å². The van der Waals surface area contributed by atoms with Crippen molar-refractivity contribution >= 4 is 23.4 Å². The van der Waals surface area contributed by atoms with E-state index in [2.05, 4.69) is 15.6 Å². The summed E-state index contributed by atoms with van der Waals surface area (Å²) in [4.78, 5) is 29.8. The minimum Gasteiger partial charge on any atom is -0.477 e. The van der Waals surface area contributed by atoms with Gasteiger partial charge in [0, 0.05) is 18.3 Å². The fourth-order valence-corrected chi connectivity index (χ4v) is 3.38. The first kappa shape index (κ1) is 23.3. The van der Waals surface area contributed by atoms with Gasteiger partial charge in [-0.1, -0.05) is 67.1 Å². The Morgan fingerprint density at radius 2 is 1.78 bits per heavy atom. The highest BCUT2D eigenvalue weighted by atomic mass is 35.5. The fraction of sp³-hybridized carbons (Fsp3) is 0.240. The molecule has 2 N–H and O–H groups in total. The average Bonchev–Trinajstić information content (AvgIpc) is 2.82. The Hall–Kier alpha value is -3.38. The first-order valence-corrected chi connectivity index (χ1v) is 10.9. The molecule has 32 heavy (non-hydrogen) atoms. The summed E-state index contributed by atoms with van der Waals surface area (Å²) in [6.07, 6.45) is 2.60. The van der Waals surface area contributed by atoms with Crippen LogP contribution in [0.25, 0.3) is 0 Å². The van der Waals surface area contributed by atoms with Crippen LogP contribution in [-0.4, -0.2) is 23.4 Å². The molecular weight excluding hydrogens is 426 g/mol. The minimum atomic E-state index is -0.510. The van der Waals surface area contributed by atoms with E-state index in [4.69, 9.17) is 16.3 Å². The van der Waals surface area contributed by atoms with Gasteiger partial charge >= 0.3 is 0 Å². The SMILES string of the molecule is CCCOc1ncccc1CNC(=O)CC(NC(=O)c1ccccc1Cl)c1ccccc1. The lowest BCUT2D eigenvalue weighted by Crippen LogP contribution is -2.33. The van der Waals surface area contributed by atoms with Crippen molar-refractivity contribution in [3.8, 4) is 5.88 Å². The molecule has 1 heterocycles. The molecule has 1 atom stereocenters. The molecule has 1 aromatic heterocycles. The molecule has 0 aliphatic carbocycles. The van der Waals surface area contributed by atoms with Crippen LogP contribution in [0.5, 0.6) is 5.88 Å². The zero-order valence-corrected chi connectivity index (χ0v) is 18.6. The van der Waals surface area contributed by atoms with Crippen LogP contribution in [0.15, 0.2) is 72.9 Å². The largest absolute Gasteiger partial charge is 0.477 e. The summed E-state index contributed by atoms with van der Waals surface area (Å²) in [5.74, 6) is -0.0235. The minimum absolute atomic E-state index is 0.0750. The molecule has 0 saturated carbocycles. The molecule has 0 aliphatic heterocycles.